The van der Waals surface area contributed by atoms with Crippen LogP contribution in [0, 0.1) is 0 Å². The molecule has 2 aromatic rings. The zero-order valence-electron chi connectivity index (χ0n) is 15.6. The fourth-order valence-corrected chi connectivity index (χ4v) is 3.95. The summed E-state index contributed by atoms with van der Waals surface area (Å²) in [6.07, 6.45) is 0. The Labute approximate surface area is 160 Å². The molecule has 4 rings (SSSR count). The summed E-state index contributed by atoms with van der Waals surface area (Å²) in [7, 11) is 2.19. The van der Waals surface area contributed by atoms with E-state index in [0.29, 0.717) is 6.04 Å². The van der Waals surface area contributed by atoms with Gasteiger partial charge in [-0.05, 0) is 51.2 Å². The standard InChI is InChI=1S/C21H25ClN4/c1-15(2)26-20-14-16(22)8-9-19(20)23-18-7-5-4-6-17(18)21(26)25-12-10-24(3)11-13-25/h4-9,14-15H,10-13H2,1-3H3. The molecule has 0 amide bonds. The number of benzene rings is 2. The lowest BCUT2D eigenvalue weighted by Gasteiger charge is -2.42. The van der Waals surface area contributed by atoms with Gasteiger partial charge in [-0.25, -0.2) is 4.99 Å². The highest BCUT2D eigenvalue weighted by Gasteiger charge is 2.28. The van der Waals surface area contributed by atoms with Gasteiger partial charge in [0.1, 0.15) is 5.82 Å². The summed E-state index contributed by atoms with van der Waals surface area (Å²) in [6.45, 7) is 8.62. The zero-order valence-corrected chi connectivity index (χ0v) is 16.4. The van der Waals surface area contributed by atoms with Crippen LogP contribution in [-0.4, -0.2) is 49.1 Å². The Hall–Kier alpha value is -2.04. The molecule has 1 fully saturated rings. The molecule has 0 N–H and O–H groups in total. The number of hydrogen-bond donors (Lipinski definition) is 0. The normalized spacial score (nSPS) is 17.7. The second kappa shape index (κ2) is 6.93. The second-order valence-corrected chi connectivity index (χ2v) is 7.78. The summed E-state index contributed by atoms with van der Waals surface area (Å²) in [4.78, 5) is 12.3. The Kier molecular flexibility index (Phi) is 4.63. The predicted octanol–water partition coefficient (Wildman–Crippen LogP) is 2.83. The van der Waals surface area contributed by atoms with Crippen molar-refractivity contribution in [3.05, 3.63) is 58.1 Å². The molecule has 0 aromatic heterocycles. The number of likely N-dealkylation sites (N-methyl/N-ethyl adjacent to an activating group) is 1. The number of nitrogens with zero attached hydrogens (tertiary/aromatic N) is 4. The van der Waals surface area contributed by atoms with Gasteiger partial charge >= 0.3 is 0 Å². The molecule has 2 aliphatic rings. The fourth-order valence-electron chi connectivity index (χ4n) is 3.78. The molecule has 136 valence electrons. The van der Waals surface area contributed by atoms with E-state index in [9.17, 15) is 0 Å². The maximum atomic E-state index is 6.37. The molecule has 0 radical (unpaired) electrons. The van der Waals surface area contributed by atoms with Gasteiger partial charge in [0.15, 0.2) is 0 Å². The fraction of sp³-hybridized carbons (Fsp3) is 0.381. The van der Waals surface area contributed by atoms with Gasteiger partial charge in [0.25, 0.3) is 0 Å². The van der Waals surface area contributed by atoms with Crippen molar-refractivity contribution < 1.29 is 0 Å². The summed E-state index contributed by atoms with van der Waals surface area (Å²) in [5.41, 5.74) is 2.05. The molecule has 0 atom stereocenters. The smallest absolute Gasteiger partial charge is 0.118 e. The van der Waals surface area contributed by atoms with Crippen LogP contribution in [0.1, 0.15) is 13.8 Å². The Balaban J connectivity index is 2.00. The van der Waals surface area contributed by atoms with Crippen molar-refractivity contribution in [3.63, 3.8) is 0 Å². The molecule has 5 heteroatoms. The van der Waals surface area contributed by atoms with Crippen LogP contribution < -0.4 is 15.5 Å². The lowest BCUT2D eigenvalue weighted by molar-refractivity contribution is 0.202. The van der Waals surface area contributed by atoms with Crippen molar-refractivity contribution in [1.29, 1.82) is 0 Å². The first kappa shape index (κ1) is 17.4. The topological polar surface area (TPSA) is 22.1 Å². The van der Waals surface area contributed by atoms with E-state index in [1.54, 1.807) is 0 Å². The highest BCUT2D eigenvalue weighted by molar-refractivity contribution is 6.31. The molecule has 4 nitrogen and oxygen atoms in total. The number of halogens is 1. The van der Waals surface area contributed by atoms with E-state index in [1.165, 1.54) is 11.0 Å². The van der Waals surface area contributed by atoms with E-state index in [2.05, 4.69) is 59.9 Å². The maximum Gasteiger partial charge on any atom is 0.118 e. The number of rotatable bonds is 2. The first-order valence-electron chi connectivity index (χ1n) is 9.25. The van der Waals surface area contributed by atoms with Crippen LogP contribution in [-0.2, 0) is 0 Å². The van der Waals surface area contributed by atoms with E-state index in [4.69, 9.17) is 16.6 Å². The zero-order chi connectivity index (χ0) is 18.3. The largest absolute Gasteiger partial charge is 0.355 e. The second-order valence-electron chi connectivity index (χ2n) is 7.34. The first-order valence-corrected chi connectivity index (χ1v) is 9.63. The Morgan fingerprint density at radius 1 is 1.00 bits per heavy atom. The summed E-state index contributed by atoms with van der Waals surface area (Å²) in [6, 6.07) is 14.7. The molecule has 2 heterocycles. The van der Waals surface area contributed by atoms with Crippen molar-refractivity contribution in [2.75, 3.05) is 38.1 Å². The van der Waals surface area contributed by atoms with Gasteiger partial charge < -0.3 is 14.7 Å². The van der Waals surface area contributed by atoms with Crippen molar-refractivity contribution >= 4 is 28.8 Å². The molecule has 0 aliphatic carbocycles. The molecule has 26 heavy (non-hydrogen) atoms. The van der Waals surface area contributed by atoms with Gasteiger partial charge in [-0.2, -0.15) is 0 Å². The van der Waals surface area contributed by atoms with Crippen LogP contribution in [0.2, 0.25) is 5.02 Å². The number of hydrogen-bond acceptors (Lipinski definition) is 4. The number of para-hydroxylation sites is 1. The van der Waals surface area contributed by atoms with E-state index >= 15 is 0 Å². The summed E-state index contributed by atoms with van der Waals surface area (Å²) >= 11 is 6.37. The minimum atomic E-state index is 0.295. The molecule has 0 bridgehead atoms. The van der Waals surface area contributed by atoms with Crippen molar-refractivity contribution in [2.45, 2.75) is 19.9 Å². The molecule has 0 spiro atoms. The molecular weight excluding hydrogens is 344 g/mol. The van der Waals surface area contributed by atoms with Crippen molar-refractivity contribution in [3.8, 4) is 0 Å². The number of fused-ring (bicyclic) bond motifs is 2. The molecule has 2 aromatic carbocycles. The third kappa shape index (κ3) is 3.08. The Morgan fingerprint density at radius 2 is 1.73 bits per heavy atom. The Bertz CT molecular complexity index is 929. The first-order chi connectivity index (χ1) is 12.5. The molecule has 1 saturated heterocycles. The highest BCUT2D eigenvalue weighted by atomic mass is 35.5. The number of piperazine rings is 1. The highest BCUT2D eigenvalue weighted by Crippen LogP contribution is 2.36. The van der Waals surface area contributed by atoms with Gasteiger partial charge in [-0.3, -0.25) is 0 Å². The predicted molar refractivity (Wildman–Crippen MR) is 108 cm³/mol. The minimum absolute atomic E-state index is 0.295. The van der Waals surface area contributed by atoms with Crippen molar-refractivity contribution in [2.24, 2.45) is 4.99 Å². The van der Waals surface area contributed by atoms with Crippen molar-refractivity contribution in [1.82, 2.24) is 9.80 Å². The van der Waals surface area contributed by atoms with E-state index in [-0.39, 0.29) is 0 Å². The van der Waals surface area contributed by atoms with Crippen LogP contribution in [0.3, 0.4) is 0 Å². The SMILES string of the molecule is CC(C)N1C(N2CCN(C)CC2)=c2ccccc2=Nc2ccc(Cl)cc21. The van der Waals surface area contributed by atoms with Crippen LogP contribution in [0.25, 0.3) is 5.82 Å². The molecule has 0 saturated carbocycles. The lowest BCUT2D eigenvalue weighted by Crippen LogP contribution is -2.51. The Morgan fingerprint density at radius 3 is 2.46 bits per heavy atom. The van der Waals surface area contributed by atoms with Gasteiger partial charge in [-0.1, -0.05) is 23.7 Å². The van der Waals surface area contributed by atoms with Gasteiger partial charge in [-0.15, -0.1) is 0 Å². The van der Waals surface area contributed by atoms with E-state index < -0.39 is 0 Å². The maximum absolute atomic E-state index is 6.37. The third-order valence-electron chi connectivity index (χ3n) is 5.13. The summed E-state index contributed by atoms with van der Waals surface area (Å²) in [5, 5.41) is 2.96. The van der Waals surface area contributed by atoms with Gasteiger partial charge in [0.05, 0.1) is 16.7 Å². The minimum Gasteiger partial charge on any atom is -0.355 e. The van der Waals surface area contributed by atoms with Gasteiger partial charge in [0.2, 0.25) is 0 Å². The molecule has 0 unspecified atom stereocenters. The average molecular weight is 369 g/mol. The molecular formula is C21H25ClN4. The number of anilines is 1. The van der Waals surface area contributed by atoms with Gasteiger partial charge in [0, 0.05) is 42.5 Å². The summed E-state index contributed by atoms with van der Waals surface area (Å²) in [5.74, 6) is 1.24. The van der Waals surface area contributed by atoms with E-state index in [0.717, 1.165) is 47.9 Å². The monoisotopic (exact) mass is 368 g/mol. The van der Waals surface area contributed by atoms with Crippen LogP contribution in [0.15, 0.2) is 47.5 Å². The van der Waals surface area contributed by atoms with Crippen LogP contribution in [0.5, 0.6) is 0 Å². The molecule has 2 aliphatic heterocycles. The average Bonchev–Trinajstić information content (AvgIpc) is 2.76. The van der Waals surface area contributed by atoms with E-state index in [1.807, 2.05) is 18.2 Å². The third-order valence-corrected chi connectivity index (χ3v) is 5.37. The van der Waals surface area contributed by atoms with Crippen LogP contribution in [0.4, 0.5) is 11.4 Å². The lowest BCUT2D eigenvalue weighted by atomic mass is 10.1. The quantitative estimate of drug-likeness (QED) is 0.813. The summed E-state index contributed by atoms with van der Waals surface area (Å²) < 4.78 is 0. The van der Waals surface area contributed by atoms with Crippen LogP contribution >= 0.6 is 11.6 Å².